The molecule has 24 heavy (non-hydrogen) atoms. The van der Waals surface area contributed by atoms with Gasteiger partial charge in [0.05, 0.1) is 12.1 Å². The van der Waals surface area contributed by atoms with Crippen molar-refractivity contribution in [1.29, 1.82) is 0 Å². The molecule has 0 unspecified atom stereocenters. The van der Waals surface area contributed by atoms with Crippen molar-refractivity contribution in [2.75, 3.05) is 24.5 Å². The summed E-state index contributed by atoms with van der Waals surface area (Å²) in [5, 5.41) is 2.92. The molecule has 0 fully saturated rings. The van der Waals surface area contributed by atoms with E-state index in [1.807, 2.05) is 0 Å². The van der Waals surface area contributed by atoms with E-state index in [0.717, 1.165) is 25.9 Å². The number of amides is 1. The van der Waals surface area contributed by atoms with Gasteiger partial charge in [0.25, 0.3) is 5.91 Å². The van der Waals surface area contributed by atoms with Crippen molar-refractivity contribution in [3.8, 4) is 0 Å². The van der Waals surface area contributed by atoms with Crippen LogP contribution in [0.1, 0.15) is 28.1 Å². The molecule has 0 atom stereocenters. The van der Waals surface area contributed by atoms with Crippen molar-refractivity contribution in [2.45, 2.75) is 19.4 Å². The molecule has 1 aromatic heterocycles. The summed E-state index contributed by atoms with van der Waals surface area (Å²) in [5.41, 5.74) is 8.74. The lowest BCUT2D eigenvalue weighted by molar-refractivity contribution is 0.0953. The Kier molecular flexibility index (Phi) is 8.11. The molecule has 1 aliphatic heterocycles. The van der Waals surface area contributed by atoms with Crippen molar-refractivity contribution in [2.24, 2.45) is 5.73 Å². The van der Waals surface area contributed by atoms with Gasteiger partial charge in [-0.15, -0.1) is 24.8 Å². The highest BCUT2D eigenvalue weighted by molar-refractivity contribution is 5.93. The second-order valence-corrected chi connectivity index (χ2v) is 5.48. The van der Waals surface area contributed by atoms with Crippen LogP contribution < -0.4 is 16.0 Å². The van der Waals surface area contributed by atoms with Gasteiger partial charge >= 0.3 is 0 Å². The first-order valence-electron chi connectivity index (χ1n) is 7.66. The van der Waals surface area contributed by atoms with Crippen molar-refractivity contribution < 1.29 is 9.21 Å². The number of fused-ring (bicyclic) bond motifs is 1. The number of para-hydroxylation sites is 1. The highest BCUT2D eigenvalue weighted by Gasteiger charge is 2.17. The molecule has 3 N–H and O–H groups in total. The van der Waals surface area contributed by atoms with E-state index in [1.54, 1.807) is 6.07 Å². The van der Waals surface area contributed by atoms with E-state index in [4.69, 9.17) is 10.2 Å². The Morgan fingerprint density at radius 3 is 2.83 bits per heavy atom. The van der Waals surface area contributed by atoms with E-state index in [9.17, 15) is 4.79 Å². The third-order valence-corrected chi connectivity index (χ3v) is 3.99. The third-order valence-electron chi connectivity index (χ3n) is 3.99. The number of halogens is 2. The minimum atomic E-state index is -0.106. The number of nitrogens with one attached hydrogen (secondary N) is 1. The lowest BCUT2D eigenvalue weighted by Crippen LogP contribution is -2.29. The van der Waals surface area contributed by atoms with Crippen LogP contribution in [0.25, 0.3) is 0 Å². The number of hydrogen-bond donors (Lipinski definition) is 2. The first-order valence-corrected chi connectivity index (χ1v) is 7.66. The fourth-order valence-electron chi connectivity index (χ4n) is 2.82. The number of hydrogen-bond acceptors (Lipinski definition) is 4. The van der Waals surface area contributed by atoms with Crippen molar-refractivity contribution in [1.82, 2.24) is 5.32 Å². The Morgan fingerprint density at radius 2 is 2.08 bits per heavy atom. The maximum atomic E-state index is 11.9. The molecule has 0 bridgehead atoms. The highest BCUT2D eigenvalue weighted by atomic mass is 35.5. The fourth-order valence-corrected chi connectivity index (χ4v) is 2.82. The van der Waals surface area contributed by atoms with Crippen LogP contribution in [-0.4, -0.2) is 25.5 Å². The Bertz CT molecular complexity index is 661. The van der Waals surface area contributed by atoms with Crippen molar-refractivity contribution in [3.63, 3.8) is 0 Å². The van der Waals surface area contributed by atoms with E-state index in [-0.39, 0.29) is 30.7 Å². The van der Waals surface area contributed by atoms with Gasteiger partial charge in [0.2, 0.25) is 0 Å². The quantitative estimate of drug-likeness (QED) is 0.765. The van der Waals surface area contributed by atoms with Gasteiger partial charge in [0.15, 0.2) is 0 Å². The molecule has 7 heteroatoms. The molecule has 0 saturated carbocycles. The minimum Gasteiger partial charge on any atom is -0.467 e. The molecule has 1 amide bonds. The number of benzene rings is 1. The number of furan rings is 1. The normalized spacial score (nSPS) is 12.1. The van der Waals surface area contributed by atoms with Gasteiger partial charge in [0, 0.05) is 25.3 Å². The van der Waals surface area contributed by atoms with Gasteiger partial charge in [0.1, 0.15) is 12.0 Å². The SMILES string of the molecule is Cl.Cl.NCc1cc(C(=O)NCCCN2CCc3ccccc32)co1. The zero-order valence-electron chi connectivity index (χ0n) is 13.4. The third kappa shape index (κ3) is 4.66. The number of nitrogens with zero attached hydrogens (tertiary/aromatic N) is 1. The van der Waals surface area contributed by atoms with Crippen LogP contribution in [0.15, 0.2) is 41.0 Å². The zero-order chi connectivity index (χ0) is 15.4. The van der Waals surface area contributed by atoms with Gasteiger partial charge in [-0.2, -0.15) is 0 Å². The van der Waals surface area contributed by atoms with E-state index in [2.05, 4.69) is 34.5 Å². The largest absolute Gasteiger partial charge is 0.467 e. The first-order chi connectivity index (χ1) is 10.8. The highest BCUT2D eigenvalue weighted by Crippen LogP contribution is 2.27. The summed E-state index contributed by atoms with van der Waals surface area (Å²) in [7, 11) is 0. The van der Waals surface area contributed by atoms with E-state index < -0.39 is 0 Å². The molecular weight excluding hydrogens is 349 g/mol. The molecule has 0 saturated heterocycles. The summed E-state index contributed by atoms with van der Waals surface area (Å²) in [4.78, 5) is 14.3. The maximum Gasteiger partial charge on any atom is 0.254 e. The Labute approximate surface area is 154 Å². The summed E-state index contributed by atoms with van der Waals surface area (Å²) in [6.07, 6.45) is 3.48. The molecule has 0 aliphatic carbocycles. The summed E-state index contributed by atoms with van der Waals surface area (Å²) in [6, 6.07) is 10.2. The van der Waals surface area contributed by atoms with Gasteiger partial charge < -0.3 is 20.4 Å². The molecule has 0 radical (unpaired) electrons. The number of carbonyl (C=O) groups is 1. The second-order valence-electron chi connectivity index (χ2n) is 5.48. The van der Waals surface area contributed by atoms with Crippen LogP contribution in [-0.2, 0) is 13.0 Å². The predicted molar refractivity (Wildman–Crippen MR) is 100 cm³/mol. The summed E-state index contributed by atoms with van der Waals surface area (Å²) >= 11 is 0. The van der Waals surface area contributed by atoms with Crippen molar-refractivity contribution in [3.05, 3.63) is 53.5 Å². The zero-order valence-corrected chi connectivity index (χ0v) is 15.0. The van der Waals surface area contributed by atoms with E-state index in [0.29, 0.717) is 24.4 Å². The van der Waals surface area contributed by atoms with E-state index >= 15 is 0 Å². The van der Waals surface area contributed by atoms with Gasteiger partial charge in [-0.3, -0.25) is 4.79 Å². The van der Waals surface area contributed by atoms with Crippen molar-refractivity contribution >= 4 is 36.4 Å². The standard InChI is InChI=1S/C17H21N3O2.2ClH/c18-11-15-10-14(12-22-15)17(21)19-7-3-8-20-9-6-13-4-1-2-5-16(13)20;;/h1-2,4-5,10,12H,3,6-9,11,18H2,(H,19,21);2*1H. The molecule has 5 nitrogen and oxygen atoms in total. The maximum absolute atomic E-state index is 11.9. The van der Waals surface area contributed by atoms with Crippen LogP contribution in [0.5, 0.6) is 0 Å². The molecule has 1 aliphatic rings. The lowest BCUT2D eigenvalue weighted by Gasteiger charge is -2.19. The molecule has 132 valence electrons. The Hall–Kier alpha value is -1.69. The number of rotatable bonds is 6. The number of nitrogens with two attached hydrogens (primary N) is 1. The Morgan fingerprint density at radius 1 is 1.29 bits per heavy atom. The molecular formula is C17H23Cl2N3O2. The topological polar surface area (TPSA) is 71.5 Å². The Balaban J connectivity index is 0.00000144. The fraction of sp³-hybridized carbons (Fsp3) is 0.353. The molecule has 0 spiro atoms. The van der Waals surface area contributed by atoms with Crippen LogP contribution in [0.4, 0.5) is 5.69 Å². The lowest BCUT2D eigenvalue weighted by atomic mass is 10.2. The van der Waals surface area contributed by atoms with Crippen LogP contribution >= 0.6 is 24.8 Å². The van der Waals surface area contributed by atoms with Crippen LogP contribution in [0.2, 0.25) is 0 Å². The molecule has 2 heterocycles. The van der Waals surface area contributed by atoms with Gasteiger partial charge in [-0.25, -0.2) is 0 Å². The van der Waals surface area contributed by atoms with Gasteiger partial charge in [-0.1, -0.05) is 18.2 Å². The average Bonchev–Trinajstić information content (AvgIpc) is 3.18. The summed E-state index contributed by atoms with van der Waals surface area (Å²) in [5.74, 6) is 0.518. The number of anilines is 1. The first kappa shape index (κ1) is 20.4. The minimum absolute atomic E-state index is 0. The van der Waals surface area contributed by atoms with E-state index in [1.165, 1.54) is 17.5 Å². The smallest absolute Gasteiger partial charge is 0.254 e. The summed E-state index contributed by atoms with van der Waals surface area (Å²) < 4.78 is 5.17. The van der Waals surface area contributed by atoms with Gasteiger partial charge in [-0.05, 0) is 30.5 Å². The predicted octanol–water partition coefficient (Wildman–Crippen LogP) is 2.76. The molecule has 2 aromatic rings. The van der Waals surface area contributed by atoms with Crippen LogP contribution in [0.3, 0.4) is 0 Å². The average molecular weight is 372 g/mol. The summed E-state index contributed by atoms with van der Waals surface area (Å²) in [6.45, 7) is 2.98. The van der Waals surface area contributed by atoms with Crippen LogP contribution in [0, 0.1) is 0 Å². The monoisotopic (exact) mass is 371 g/mol. The molecule has 1 aromatic carbocycles. The molecule has 3 rings (SSSR count). The number of carbonyl (C=O) groups excluding carboxylic acids is 1. The second kappa shape index (κ2) is 9.57.